The van der Waals surface area contributed by atoms with Crippen LogP contribution in [0.2, 0.25) is 0 Å². The van der Waals surface area contributed by atoms with Crippen molar-refractivity contribution in [2.75, 3.05) is 5.33 Å². The number of hydrogen-bond donors (Lipinski definition) is 0. The van der Waals surface area contributed by atoms with Crippen molar-refractivity contribution >= 4 is 21.9 Å². The van der Waals surface area contributed by atoms with Gasteiger partial charge in [0.05, 0.1) is 0 Å². The Morgan fingerprint density at radius 1 is 1.26 bits per heavy atom. The number of unbranched alkanes of at least 4 members (excludes halogenated alkanes) is 2. The number of cyclic esters (lactones) is 1. The second-order valence-corrected chi connectivity index (χ2v) is 6.50. The summed E-state index contributed by atoms with van der Waals surface area (Å²) < 4.78 is 5.92. The second kappa shape index (κ2) is 7.96. The summed E-state index contributed by atoms with van der Waals surface area (Å²) in [6, 6.07) is 10.1. The highest BCUT2D eigenvalue weighted by molar-refractivity contribution is 9.09. The lowest BCUT2D eigenvalue weighted by Gasteiger charge is -2.31. The van der Waals surface area contributed by atoms with Crippen molar-refractivity contribution in [1.29, 1.82) is 0 Å². The summed E-state index contributed by atoms with van der Waals surface area (Å²) in [5.74, 6) is -0.201. The highest BCUT2D eigenvalue weighted by Crippen LogP contribution is 2.47. The van der Waals surface area contributed by atoms with E-state index in [0.717, 1.165) is 47.7 Å². The Bertz CT molecular complexity index is 616. The van der Waals surface area contributed by atoms with Gasteiger partial charge in [0.25, 0.3) is 0 Å². The van der Waals surface area contributed by atoms with Crippen molar-refractivity contribution in [2.45, 2.75) is 52.1 Å². The zero-order valence-electron chi connectivity index (χ0n) is 14.2. The third-order valence-corrected chi connectivity index (χ3v) is 5.11. The maximum atomic E-state index is 12.4. The number of benzene rings is 1. The molecule has 1 aromatic rings. The van der Waals surface area contributed by atoms with Crippen LogP contribution in [0.4, 0.5) is 0 Å². The zero-order valence-corrected chi connectivity index (χ0v) is 15.8. The fourth-order valence-electron chi connectivity index (χ4n) is 3.26. The van der Waals surface area contributed by atoms with Gasteiger partial charge in [-0.2, -0.15) is 0 Å². The third kappa shape index (κ3) is 3.45. The van der Waals surface area contributed by atoms with E-state index < -0.39 is 5.60 Å². The van der Waals surface area contributed by atoms with Crippen LogP contribution in [0.3, 0.4) is 0 Å². The Morgan fingerprint density at radius 2 is 1.96 bits per heavy atom. The van der Waals surface area contributed by atoms with E-state index in [1.165, 1.54) is 5.57 Å². The highest BCUT2D eigenvalue weighted by atomic mass is 79.9. The first-order valence-corrected chi connectivity index (χ1v) is 9.48. The van der Waals surface area contributed by atoms with Gasteiger partial charge in [-0.3, -0.25) is 0 Å². The van der Waals surface area contributed by atoms with Gasteiger partial charge < -0.3 is 4.74 Å². The maximum Gasteiger partial charge on any atom is 0.335 e. The number of halogens is 1. The van der Waals surface area contributed by atoms with E-state index in [1.54, 1.807) is 0 Å². The third-order valence-electron chi connectivity index (χ3n) is 4.50. The molecule has 0 saturated carbocycles. The topological polar surface area (TPSA) is 26.3 Å². The molecule has 124 valence electrons. The van der Waals surface area contributed by atoms with E-state index in [9.17, 15) is 4.79 Å². The molecule has 0 bridgehead atoms. The molecule has 0 aliphatic carbocycles. The fraction of sp³-hybridized carbons (Fsp3) is 0.450. The van der Waals surface area contributed by atoms with Crippen LogP contribution >= 0.6 is 15.9 Å². The largest absolute Gasteiger partial charge is 0.446 e. The van der Waals surface area contributed by atoms with Gasteiger partial charge in [0.2, 0.25) is 0 Å². The van der Waals surface area contributed by atoms with Crippen LogP contribution in [0.25, 0.3) is 0 Å². The normalized spacial score (nSPS) is 21.7. The summed E-state index contributed by atoms with van der Waals surface area (Å²) >= 11 is 3.61. The molecule has 0 saturated heterocycles. The van der Waals surface area contributed by atoms with Gasteiger partial charge in [0.1, 0.15) is 0 Å². The maximum absolute atomic E-state index is 12.4. The van der Waals surface area contributed by atoms with E-state index in [-0.39, 0.29) is 5.97 Å². The van der Waals surface area contributed by atoms with Crippen molar-refractivity contribution in [2.24, 2.45) is 0 Å². The van der Waals surface area contributed by atoms with Crippen LogP contribution in [0.15, 0.2) is 53.1 Å². The smallest absolute Gasteiger partial charge is 0.335 e. The van der Waals surface area contributed by atoms with Crippen LogP contribution in [-0.4, -0.2) is 11.3 Å². The quantitative estimate of drug-likeness (QED) is 0.347. The average Bonchev–Trinajstić information content (AvgIpc) is 2.85. The summed E-state index contributed by atoms with van der Waals surface area (Å²) in [5, 5.41) is 0.731. The number of rotatable bonds is 7. The molecule has 0 spiro atoms. The molecular weight excluding hydrogens is 352 g/mol. The lowest BCUT2D eigenvalue weighted by Crippen LogP contribution is -2.29. The first-order valence-electron chi connectivity index (χ1n) is 8.36. The monoisotopic (exact) mass is 376 g/mol. The van der Waals surface area contributed by atoms with Gasteiger partial charge in [-0.1, -0.05) is 79.0 Å². The minimum Gasteiger partial charge on any atom is -0.446 e. The minimum absolute atomic E-state index is 0.201. The molecule has 1 aliphatic heterocycles. The van der Waals surface area contributed by atoms with Crippen LogP contribution < -0.4 is 0 Å². The van der Waals surface area contributed by atoms with Gasteiger partial charge in [0, 0.05) is 22.0 Å². The standard InChI is InChI=1S/C20H25BrO2/c1-4-6-8-11-16(14-21)18-15(3)19(22)23-20(18,5-2)17-12-9-7-10-13-17/h7,9-13H,4-6,8,14H2,1-3H3/b16-11+. The van der Waals surface area contributed by atoms with Gasteiger partial charge >= 0.3 is 5.97 Å². The molecule has 3 heteroatoms. The van der Waals surface area contributed by atoms with E-state index in [4.69, 9.17) is 4.74 Å². The van der Waals surface area contributed by atoms with Crippen LogP contribution in [-0.2, 0) is 15.1 Å². The molecular formula is C20H25BrO2. The van der Waals surface area contributed by atoms with Crippen LogP contribution in [0, 0.1) is 0 Å². The Hall–Kier alpha value is -1.35. The molecule has 1 unspecified atom stereocenters. The fourth-order valence-corrected chi connectivity index (χ4v) is 3.77. The summed E-state index contributed by atoms with van der Waals surface area (Å²) in [4.78, 5) is 12.4. The number of alkyl halides is 1. The van der Waals surface area contributed by atoms with Crippen molar-refractivity contribution in [1.82, 2.24) is 0 Å². The molecule has 0 fully saturated rings. The molecule has 2 rings (SSSR count). The number of hydrogen-bond acceptors (Lipinski definition) is 2. The highest BCUT2D eigenvalue weighted by Gasteiger charge is 2.47. The van der Waals surface area contributed by atoms with Crippen molar-refractivity contribution in [3.63, 3.8) is 0 Å². The van der Waals surface area contributed by atoms with Gasteiger partial charge in [0.15, 0.2) is 5.60 Å². The average molecular weight is 377 g/mol. The number of allylic oxidation sites excluding steroid dienone is 1. The molecule has 0 aromatic heterocycles. The number of esters is 1. The summed E-state index contributed by atoms with van der Waals surface area (Å²) in [6.07, 6.45) is 6.33. The molecule has 0 amide bonds. The second-order valence-electron chi connectivity index (χ2n) is 5.94. The van der Waals surface area contributed by atoms with E-state index in [2.05, 4.69) is 35.9 Å². The van der Waals surface area contributed by atoms with E-state index in [1.807, 2.05) is 37.3 Å². The molecule has 0 radical (unpaired) electrons. The minimum atomic E-state index is -0.658. The van der Waals surface area contributed by atoms with Crippen molar-refractivity contribution in [3.8, 4) is 0 Å². The Kier molecular flexibility index (Phi) is 6.23. The summed E-state index contributed by atoms with van der Waals surface area (Å²) in [5.41, 5.74) is 3.34. The van der Waals surface area contributed by atoms with Gasteiger partial charge in [-0.25, -0.2) is 4.79 Å². The van der Waals surface area contributed by atoms with Gasteiger partial charge in [-0.05, 0) is 25.3 Å². The predicted molar refractivity (Wildman–Crippen MR) is 98.6 cm³/mol. The zero-order chi connectivity index (χ0) is 16.9. The Balaban J connectivity index is 2.55. The SMILES string of the molecule is CCCC/C=C(\CBr)C1=C(C)C(=O)OC1(CC)c1ccccc1. The Morgan fingerprint density at radius 3 is 2.52 bits per heavy atom. The van der Waals surface area contributed by atoms with E-state index >= 15 is 0 Å². The molecule has 23 heavy (non-hydrogen) atoms. The van der Waals surface area contributed by atoms with Crippen molar-refractivity contribution < 1.29 is 9.53 Å². The first kappa shape index (κ1) is 18.0. The summed E-state index contributed by atoms with van der Waals surface area (Å²) in [7, 11) is 0. The van der Waals surface area contributed by atoms with E-state index in [0.29, 0.717) is 0 Å². The first-order chi connectivity index (χ1) is 11.1. The van der Waals surface area contributed by atoms with Crippen LogP contribution in [0.1, 0.15) is 52.0 Å². The lowest BCUT2D eigenvalue weighted by atomic mass is 9.79. The molecule has 0 N–H and O–H groups in total. The molecule has 2 nitrogen and oxygen atoms in total. The molecule has 1 aromatic carbocycles. The Labute approximate surface area is 147 Å². The predicted octanol–water partition coefficient (Wildman–Crippen LogP) is 5.68. The number of ether oxygens (including phenoxy) is 1. The lowest BCUT2D eigenvalue weighted by molar-refractivity contribution is -0.147. The van der Waals surface area contributed by atoms with Crippen molar-refractivity contribution in [3.05, 3.63) is 58.7 Å². The molecule has 1 heterocycles. The summed E-state index contributed by atoms with van der Waals surface area (Å²) in [6.45, 7) is 6.15. The molecule has 1 aliphatic rings. The van der Waals surface area contributed by atoms with Crippen LogP contribution in [0.5, 0.6) is 0 Å². The number of carbonyl (C=O) groups is 1. The van der Waals surface area contributed by atoms with Gasteiger partial charge in [-0.15, -0.1) is 0 Å². The number of carbonyl (C=O) groups excluding carboxylic acids is 1. The molecule has 1 atom stereocenters.